The lowest BCUT2D eigenvalue weighted by Crippen LogP contribution is -2.50. The summed E-state index contributed by atoms with van der Waals surface area (Å²) in [7, 11) is 0. The van der Waals surface area contributed by atoms with E-state index in [1.54, 1.807) is 0 Å². The first kappa shape index (κ1) is 9.47. The summed E-state index contributed by atoms with van der Waals surface area (Å²) in [4.78, 5) is 0. The van der Waals surface area contributed by atoms with Crippen molar-refractivity contribution in [3.8, 4) is 0 Å². The van der Waals surface area contributed by atoms with Crippen LogP contribution in [0.25, 0.3) is 0 Å². The molecule has 1 saturated heterocycles. The molecule has 1 heterocycles. The van der Waals surface area contributed by atoms with Crippen LogP contribution in [0.3, 0.4) is 0 Å². The van der Waals surface area contributed by atoms with Crippen LogP contribution in [0.5, 0.6) is 0 Å². The lowest BCUT2D eigenvalue weighted by atomic mass is 9.90. The molecule has 1 unspecified atom stereocenters. The van der Waals surface area contributed by atoms with Crippen molar-refractivity contribution in [1.82, 2.24) is 5.32 Å². The first-order valence-corrected chi connectivity index (χ1v) is 5.61. The summed E-state index contributed by atoms with van der Waals surface area (Å²) in [5.74, 6) is 0. The third-order valence-corrected chi connectivity index (χ3v) is 3.64. The Labute approximate surface area is 81.0 Å². The predicted molar refractivity (Wildman–Crippen MR) is 53.6 cm³/mol. The molecular weight excluding hydrogens is 162 g/mol. The van der Waals surface area contributed by atoms with E-state index >= 15 is 0 Å². The van der Waals surface area contributed by atoms with E-state index < -0.39 is 0 Å². The molecule has 1 aliphatic heterocycles. The smallest absolute Gasteiger partial charge is 0.119 e. The summed E-state index contributed by atoms with van der Waals surface area (Å²) < 4.78 is 5.98. The van der Waals surface area contributed by atoms with Crippen molar-refractivity contribution in [2.24, 2.45) is 0 Å². The van der Waals surface area contributed by atoms with Crippen molar-refractivity contribution in [2.75, 3.05) is 6.61 Å². The van der Waals surface area contributed by atoms with Gasteiger partial charge in [0, 0.05) is 5.54 Å². The molecule has 1 atom stereocenters. The van der Waals surface area contributed by atoms with Gasteiger partial charge in [0.15, 0.2) is 0 Å². The van der Waals surface area contributed by atoms with Crippen LogP contribution in [-0.2, 0) is 4.74 Å². The van der Waals surface area contributed by atoms with Gasteiger partial charge in [-0.05, 0) is 39.0 Å². The fourth-order valence-corrected chi connectivity index (χ4v) is 2.50. The van der Waals surface area contributed by atoms with E-state index in [2.05, 4.69) is 19.2 Å². The predicted octanol–water partition coefficient (Wildman–Crippen LogP) is 2.44. The average Bonchev–Trinajstić information content (AvgIpc) is 2.47. The first-order chi connectivity index (χ1) is 6.18. The Balaban J connectivity index is 2.02. The lowest BCUT2D eigenvalue weighted by molar-refractivity contribution is -0.0384. The van der Waals surface area contributed by atoms with E-state index in [4.69, 9.17) is 4.74 Å². The van der Waals surface area contributed by atoms with Gasteiger partial charge in [-0.3, -0.25) is 5.32 Å². The number of nitrogens with one attached hydrogen (secondary N) is 1. The van der Waals surface area contributed by atoms with Crippen molar-refractivity contribution in [2.45, 2.75) is 63.6 Å². The molecule has 0 bridgehead atoms. The molecule has 2 nitrogen and oxygen atoms in total. The molecule has 0 aromatic carbocycles. The van der Waals surface area contributed by atoms with Crippen molar-refractivity contribution >= 4 is 0 Å². The van der Waals surface area contributed by atoms with Gasteiger partial charge in [0.2, 0.25) is 0 Å². The fourth-order valence-electron chi connectivity index (χ4n) is 2.50. The highest BCUT2D eigenvalue weighted by Crippen LogP contribution is 2.36. The fraction of sp³-hybridized carbons (Fsp3) is 1.00. The van der Waals surface area contributed by atoms with Gasteiger partial charge >= 0.3 is 0 Å². The third-order valence-electron chi connectivity index (χ3n) is 3.64. The van der Waals surface area contributed by atoms with Gasteiger partial charge < -0.3 is 4.74 Å². The summed E-state index contributed by atoms with van der Waals surface area (Å²) in [6.07, 6.45) is 7.62. The Morgan fingerprint density at radius 1 is 1.23 bits per heavy atom. The standard InChI is InChI=1S/C11H21NO/c1-3-10(2)9-13-11(12-10)7-5-4-6-8-11/h12H,3-9H2,1-2H3. The molecule has 1 saturated carbocycles. The first-order valence-electron chi connectivity index (χ1n) is 5.61. The monoisotopic (exact) mass is 183 g/mol. The topological polar surface area (TPSA) is 21.3 Å². The average molecular weight is 183 g/mol. The molecule has 2 heteroatoms. The van der Waals surface area contributed by atoms with Gasteiger partial charge in [0.25, 0.3) is 0 Å². The Morgan fingerprint density at radius 2 is 1.92 bits per heavy atom. The Kier molecular flexibility index (Phi) is 2.37. The normalized spacial score (nSPS) is 38.3. The highest BCUT2D eigenvalue weighted by Gasteiger charge is 2.45. The summed E-state index contributed by atoms with van der Waals surface area (Å²) in [6.45, 7) is 5.40. The van der Waals surface area contributed by atoms with Crippen LogP contribution < -0.4 is 5.32 Å². The van der Waals surface area contributed by atoms with Gasteiger partial charge in [0.05, 0.1) is 6.61 Å². The van der Waals surface area contributed by atoms with Crippen molar-refractivity contribution in [1.29, 1.82) is 0 Å². The van der Waals surface area contributed by atoms with Crippen LogP contribution in [-0.4, -0.2) is 17.9 Å². The van der Waals surface area contributed by atoms with E-state index in [-0.39, 0.29) is 11.3 Å². The zero-order valence-electron chi connectivity index (χ0n) is 8.86. The quantitative estimate of drug-likeness (QED) is 0.674. The molecule has 2 fully saturated rings. The second kappa shape index (κ2) is 3.25. The van der Waals surface area contributed by atoms with E-state index in [0.717, 1.165) is 13.0 Å². The summed E-state index contributed by atoms with van der Waals surface area (Å²) in [5, 5.41) is 3.71. The zero-order valence-corrected chi connectivity index (χ0v) is 8.86. The van der Waals surface area contributed by atoms with Crippen molar-refractivity contribution in [3.05, 3.63) is 0 Å². The van der Waals surface area contributed by atoms with E-state index in [1.165, 1.54) is 32.1 Å². The molecule has 0 aromatic rings. The van der Waals surface area contributed by atoms with Crippen LogP contribution in [0, 0.1) is 0 Å². The van der Waals surface area contributed by atoms with Crippen LogP contribution in [0.4, 0.5) is 0 Å². The SMILES string of the molecule is CCC1(C)COC2(CCCCC2)N1. The minimum Gasteiger partial charge on any atom is -0.359 e. The highest BCUT2D eigenvalue weighted by molar-refractivity contribution is 4.97. The number of ether oxygens (including phenoxy) is 1. The van der Waals surface area contributed by atoms with E-state index in [0.29, 0.717) is 0 Å². The largest absolute Gasteiger partial charge is 0.359 e. The van der Waals surface area contributed by atoms with Gasteiger partial charge in [-0.2, -0.15) is 0 Å². The molecule has 0 aromatic heterocycles. The Bertz CT molecular complexity index is 187. The molecule has 1 N–H and O–H groups in total. The van der Waals surface area contributed by atoms with Crippen molar-refractivity contribution < 1.29 is 4.74 Å². The Morgan fingerprint density at radius 3 is 2.46 bits per heavy atom. The van der Waals surface area contributed by atoms with Gasteiger partial charge in [-0.25, -0.2) is 0 Å². The molecule has 0 amide bonds. The molecular formula is C11H21NO. The number of rotatable bonds is 1. The highest BCUT2D eigenvalue weighted by atomic mass is 16.5. The number of hydrogen-bond acceptors (Lipinski definition) is 2. The maximum atomic E-state index is 5.98. The molecule has 76 valence electrons. The summed E-state index contributed by atoms with van der Waals surface area (Å²) in [5.41, 5.74) is 0.292. The molecule has 2 aliphatic rings. The van der Waals surface area contributed by atoms with Gasteiger partial charge in [-0.15, -0.1) is 0 Å². The molecule has 13 heavy (non-hydrogen) atoms. The Hall–Kier alpha value is -0.0800. The summed E-state index contributed by atoms with van der Waals surface area (Å²) >= 11 is 0. The molecule has 2 rings (SSSR count). The maximum Gasteiger partial charge on any atom is 0.119 e. The molecule has 0 radical (unpaired) electrons. The van der Waals surface area contributed by atoms with Gasteiger partial charge in [-0.1, -0.05) is 13.3 Å². The maximum absolute atomic E-state index is 5.98. The van der Waals surface area contributed by atoms with E-state index in [9.17, 15) is 0 Å². The van der Waals surface area contributed by atoms with Crippen LogP contribution in [0.15, 0.2) is 0 Å². The van der Waals surface area contributed by atoms with E-state index in [1.807, 2.05) is 0 Å². The lowest BCUT2D eigenvalue weighted by Gasteiger charge is -2.34. The van der Waals surface area contributed by atoms with Gasteiger partial charge in [0.1, 0.15) is 5.72 Å². The molecule has 1 spiro atoms. The minimum atomic E-state index is 0.0585. The second-order valence-corrected chi connectivity index (χ2v) is 4.88. The number of hydrogen-bond donors (Lipinski definition) is 1. The summed E-state index contributed by atoms with van der Waals surface area (Å²) in [6, 6.07) is 0. The van der Waals surface area contributed by atoms with Crippen molar-refractivity contribution in [3.63, 3.8) is 0 Å². The second-order valence-electron chi connectivity index (χ2n) is 4.88. The van der Waals surface area contributed by atoms with Crippen LogP contribution in [0.2, 0.25) is 0 Å². The van der Waals surface area contributed by atoms with Crippen LogP contribution >= 0.6 is 0 Å². The minimum absolute atomic E-state index is 0.0585. The third kappa shape index (κ3) is 1.75. The molecule has 1 aliphatic carbocycles. The van der Waals surface area contributed by atoms with Crippen LogP contribution in [0.1, 0.15) is 52.4 Å². The zero-order chi connectivity index (χ0) is 9.36.